The van der Waals surface area contributed by atoms with Crippen LogP contribution in [0, 0.1) is 0 Å². The summed E-state index contributed by atoms with van der Waals surface area (Å²) < 4.78 is 40.9. The van der Waals surface area contributed by atoms with Crippen molar-refractivity contribution in [2.75, 3.05) is 19.0 Å². The van der Waals surface area contributed by atoms with Crippen LogP contribution < -0.4 is 10.1 Å². The van der Waals surface area contributed by atoms with Crippen LogP contribution in [0.15, 0.2) is 40.6 Å². The van der Waals surface area contributed by atoms with Crippen LogP contribution in [0.1, 0.15) is 0 Å². The lowest BCUT2D eigenvalue weighted by molar-refractivity contribution is -0.154. The Hall–Kier alpha value is -2.78. The molecule has 0 amide bonds. The highest BCUT2D eigenvalue weighted by atomic mass is 19.4. The summed E-state index contributed by atoms with van der Waals surface area (Å²) in [6.45, 7) is -1.50. The van der Waals surface area contributed by atoms with Gasteiger partial charge in [-0.1, -0.05) is 18.2 Å². The van der Waals surface area contributed by atoms with Crippen molar-refractivity contribution in [2.45, 2.75) is 6.18 Å². The smallest absolute Gasteiger partial charge is 0.422 e. The second-order valence-electron chi connectivity index (χ2n) is 3.93. The Bertz CT molecular complexity index is 647. The van der Waals surface area contributed by atoms with E-state index < -0.39 is 18.8 Å². The second kappa shape index (κ2) is 6.78. The molecule has 0 spiro atoms. The quantitative estimate of drug-likeness (QED) is 0.856. The van der Waals surface area contributed by atoms with E-state index in [9.17, 15) is 13.2 Å². The zero-order valence-corrected chi connectivity index (χ0v) is 11.4. The number of hydrogen-bond donors (Lipinski definition) is 1. The summed E-state index contributed by atoms with van der Waals surface area (Å²) in [6.07, 6.45) is -4.49. The molecule has 0 atom stereocenters. The van der Waals surface area contributed by atoms with E-state index in [1.165, 1.54) is 7.05 Å². The molecule has 0 bridgehead atoms. The SMILES string of the molecule is CNc1nc(N=Nc2ccccc2)nc(OCC(F)(F)F)n1. The topological polar surface area (TPSA) is 84.7 Å². The Morgan fingerprint density at radius 3 is 2.45 bits per heavy atom. The first kappa shape index (κ1) is 15.6. The Morgan fingerprint density at radius 1 is 1.09 bits per heavy atom. The summed E-state index contributed by atoms with van der Waals surface area (Å²) in [5.74, 6) is -0.144. The van der Waals surface area contributed by atoms with E-state index in [0.717, 1.165) is 0 Å². The molecule has 1 N–H and O–H groups in total. The van der Waals surface area contributed by atoms with Crippen LogP contribution >= 0.6 is 0 Å². The van der Waals surface area contributed by atoms with Gasteiger partial charge in [-0.15, -0.1) is 10.2 Å². The predicted molar refractivity (Wildman–Crippen MR) is 71.5 cm³/mol. The number of aromatic nitrogens is 3. The van der Waals surface area contributed by atoms with Crippen molar-refractivity contribution in [3.05, 3.63) is 30.3 Å². The highest BCUT2D eigenvalue weighted by molar-refractivity contribution is 5.36. The fraction of sp³-hybridized carbons (Fsp3) is 0.250. The Labute approximate surface area is 123 Å². The third-order valence-corrected chi connectivity index (χ3v) is 2.20. The normalized spacial score (nSPS) is 11.6. The van der Waals surface area contributed by atoms with Gasteiger partial charge >= 0.3 is 12.2 Å². The van der Waals surface area contributed by atoms with Crippen molar-refractivity contribution in [3.8, 4) is 6.01 Å². The van der Waals surface area contributed by atoms with Crippen molar-refractivity contribution in [2.24, 2.45) is 10.2 Å². The minimum absolute atomic E-state index is 0.0224. The van der Waals surface area contributed by atoms with Gasteiger partial charge in [0.25, 0.3) is 5.95 Å². The Kier molecular flexibility index (Phi) is 4.81. The molecule has 10 heteroatoms. The molecule has 2 rings (SSSR count). The minimum Gasteiger partial charge on any atom is -0.454 e. The van der Waals surface area contributed by atoms with Crippen LogP contribution in [-0.4, -0.2) is 34.8 Å². The van der Waals surface area contributed by atoms with Crippen molar-refractivity contribution >= 4 is 17.6 Å². The van der Waals surface area contributed by atoms with Gasteiger partial charge in [0.1, 0.15) is 0 Å². The number of azo groups is 1. The molecule has 1 aromatic carbocycles. The number of nitrogens with one attached hydrogen (secondary N) is 1. The fourth-order valence-electron chi connectivity index (χ4n) is 1.31. The van der Waals surface area contributed by atoms with Crippen LogP contribution in [0.5, 0.6) is 6.01 Å². The van der Waals surface area contributed by atoms with Crippen LogP contribution in [0.3, 0.4) is 0 Å². The molecular formula is C12H11F3N6O. The lowest BCUT2D eigenvalue weighted by atomic mass is 10.3. The van der Waals surface area contributed by atoms with E-state index in [1.54, 1.807) is 24.3 Å². The van der Waals surface area contributed by atoms with Gasteiger partial charge in [0, 0.05) is 7.05 Å². The highest BCUT2D eigenvalue weighted by Crippen LogP contribution is 2.20. The average molecular weight is 312 g/mol. The van der Waals surface area contributed by atoms with E-state index in [0.29, 0.717) is 5.69 Å². The number of anilines is 1. The van der Waals surface area contributed by atoms with Gasteiger partial charge in [-0.2, -0.15) is 28.1 Å². The zero-order valence-electron chi connectivity index (χ0n) is 11.4. The molecule has 0 fully saturated rings. The average Bonchev–Trinajstić information content (AvgIpc) is 2.51. The summed E-state index contributed by atoms with van der Waals surface area (Å²) in [5.41, 5.74) is 0.548. The number of benzene rings is 1. The number of nitrogens with zero attached hydrogens (tertiary/aromatic N) is 5. The maximum absolute atomic E-state index is 12.1. The molecule has 116 valence electrons. The standard InChI is InChI=1S/C12H11F3N6O/c1-16-9-17-10(21-20-8-5-3-2-4-6-8)19-11(18-9)22-7-12(13,14)15/h2-6H,7H2,1H3,(H,16,17,18,19). The van der Waals surface area contributed by atoms with Crippen molar-refractivity contribution in [1.29, 1.82) is 0 Å². The molecule has 2 aromatic rings. The van der Waals surface area contributed by atoms with Crippen molar-refractivity contribution in [1.82, 2.24) is 15.0 Å². The molecular weight excluding hydrogens is 301 g/mol. The summed E-state index contributed by atoms with van der Waals surface area (Å²) in [6, 6.07) is 8.25. The molecule has 1 heterocycles. The fourth-order valence-corrected chi connectivity index (χ4v) is 1.31. The molecule has 7 nitrogen and oxygen atoms in total. The van der Waals surface area contributed by atoms with Gasteiger partial charge in [0.05, 0.1) is 5.69 Å². The summed E-state index contributed by atoms with van der Waals surface area (Å²) in [5, 5.41) is 10.2. The highest BCUT2D eigenvalue weighted by Gasteiger charge is 2.29. The van der Waals surface area contributed by atoms with Gasteiger partial charge in [-0.25, -0.2) is 0 Å². The monoisotopic (exact) mass is 312 g/mol. The van der Waals surface area contributed by atoms with Crippen LogP contribution in [0.2, 0.25) is 0 Å². The number of rotatable bonds is 5. The molecule has 0 unspecified atom stereocenters. The lowest BCUT2D eigenvalue weighted by Crippen LogP contribution is -2.20. The van der Waals surface area contributed by atoms with Gasteiger partial charge in [0.15, 0.2) is 6.61 Å². The van der Waals surface area contributed by atoms with Gasteiger partial charge in [0.2, 0.25) is 5.95 Å². The molecule has 22 heavy (non-hydrogen) atoms. The molecule has 0 aliphatic heterocycles. The van der Waals surface area contributed by atoms with E-state index in [1.807, 2.05) is 6.07 Å². The maximum Gasteiger partial charge on any atom is 0.422 e. The molecule has 0 radical (unpaired) electrons. The van der Waals surface area contributed by atoms with Gasteiger partial charge in [-0.3, -0.25) is 0 Å². The molecule has 0 saturated carbocycles. The van der Waals surface area contributed by atoms with Gasteiger partial charge in [-0.05, 0) is 12.1 Å². The van der Waals surface area contributed by atoms with E-state index in [2.05, 4.69) is 35.2 Å². The molecule has 0 saturated heterocycles. The van der Waals surface area contributed by atoms with E-state index in [-0.39, 0.29) is 11.9 Å². The first-order chi connectivity index (χ1) is 10.5. The van der Waals surface area contributed by atoms with Crippen molar-refractivity contribution < 1.29 is 17.9 Å². The van der Waals surface area contributed by atoms with Crippen LogP contribution in [0.25, 0.3) is 0 Å². The number of ether oxygens (including phenoxy) is 1. The van der Waals surface area contributed by atoms with E-state index in [4.69, 9.17) is 0 Å². The number of alkyl halides is 3. The number of hydrogen-bond acceptors (Lipinski definition) is 7. The minimum atomic E-state index is -4.49. The third-order valence-electron chi connectivity index (χ3n) is 2.20. The number of halogens is 3. The summed E-state index contributed by atoms with van der Waals surface area (Å²) in [7, 11) is 1.50. The summed E-state index contributed by atoms with van der Waals surface area (Å²) >= 11 is 0. The Morgan fingerprint density at radius 2 is 1.82 bits per heavy atom. The largest absolute Gasteiger partial charge is 0.454 e. The van der Waals surface area contributed by atoms with Crippen molar-refractivity contribution in [3.63, 3.8) is 0 Å². The maximum atomic E-state index is 12.1. The second-order valence-corrected chi connectivity index (χ2v) is 3.93. The predicted octanol–water partition coefficient (Wildman–Crippen LogP) is 3.27. The molecule has 1 aromatic heterocycles. The first-order valence-electron chi connectivity index (χ1n) is 6.06. The summed E-state index contributed by atoms with van der Waals surface area (Å²) in [4.78, 5) is 11.2. The molecule has 0 aliphatic carbocycles. The lowest BCUT2D eigenvalue weighted by Gasteiger charge is -2.08. The Balaban J connectivity index is 2.18. The zero-order chi connectivity index (χ0) is 16.0. The molecule has 0 aliphatic rings. The van der Waals surface area contributed by atoms with Crippen LogP contribution in [0.4, 0.5) is 30.8 Å². The first-order valence-corrected chi connectivity index (χ1v) is 6.06. The third kappa shape index (κ3) is 4.96. The van der Waals surface area contributed by atoms with Gasteiger partial charge < -0.3 is 10.1 Å². The van der Waals surface area contributed by atoms with E-state index >= 15 is 0 Å². The van der Waals surface area contributed by atoms with Crippen LogP contribution in [-0.2, 0) is 0 Å².